The Morgan fingerprint density at radius 2 is 1.00 bits per heavy atom. The molecule has 2 unspecified atom stereocenters. The fourth-order valence-electron chi connectivity index (χ4n) is 12.8. The molecule has 0 radical (unpaired) electrons. The molecule has 113 heavy (non-hydrogen) atoms. The van der Waals surface area contributed by atoms with Gasteiger partial charge in [0.1, 0.15) is 22.4 Å². The number of Topliss-reactive ketones (excluding diaryl/α,β-unsaturated/α-hetero) is 1. The van der Waals surface area contributed by atoms with E-state index in [9.17, 15) is 40.3 Å². The number of methoxy groups -OCH3 is 4. The number of benzene rings is 5. The Morgan fingerprint density at radius 1 is 0.522 bits per heavy atom. The van der Waals surface area contributed by atoms with Crippen LogP contribution in [0.4, 0.5) is 11.4 Å². The summed E-state index contributed by atoms with van der Waals surface area (Å²) < 4.78 is 148. The molecule has 0 aliphatic carbocycles. The summed E-state index contributed by atoms with van der Waals surface area (Å²) in [5, 5.41) is 5.67. The van der Waals surface area contributed by atoms with Crippen molar-refractivity contribution in [3.05, 3.63) is 186 Å². The van der Waals surface area contributed by atoms with E-state index in [1.54, 1.807) is 51.7 Å². The van der Waals surface area contributed by atoms with Crippen molar-refractivity contribution in [3.63, 3.8) is 0 Å². The minimum atomic E-state index is -4.86. The first-order chi connectivity index (χ1) is 53.3. The van der Waals surface area contributed by atoms with Crippen molar-refractivity contribution in [2.75, 3.05) is 192 Å². The van der Waals surface area contributed by atoms with Gasteiger partial charge in [0.2, 0.25) is 5.69 Å². The molecule has 0 aromatic heterocycles. The number of ether oxygens (including phenoxy) is 13. The van der Waals surface area contributed by atoms with Gasteiger partial charge in [-0.1, -0.05) is 91.0 Å². The quantitative estimate of drug-likeness (QED) is 0.0101. The molecule has 2 atom stereocenters. The number of carbonyl (C=O) groups excluding carboxylic acids is 3. The summed E-state index contributed by atoms with van der Waals surface area (Å²) in [6.07, 6.45) is 17.1. The van der Waals surface area contributed by atoms with E-state index in [2.05, 4.69) is 14.8 Å². The molecule has 0 spiro atoms. The molecular weight excluding hydrogens is 1540 g/mol. The van der Waals surface area contributed by atoms with E-state index in [1.807, 2.05) is 117 Å². The van der Waals surface area contributed by atoms with E-state index in [4.69, 9.17) is 61.6 Å². The molecule has 5 aromatic rings. The maximum absolute atomic E-state index is 13.8. The van der Waals surface area contributed by atoms with Gasteiger partial charge in [0.25, 0.3) is 16.0 Å². The van der Waals surface area contributed by atoms with Crippen molar-refractivity contribution < 1.29 is 195 Å². The van der Waals surface area contributed by atoms with Crippen molar-refractivity contribution in [3.8, 4) is 0 Å². The molecule has 25 nitrogen and oxygen atoms in total. The van der Waals surface area contributed by atoms with Gasteiger partial charge in [0.05, 0.1) is 153 Å². The number of unbranched alkanes of at least 4 members (excludes halogenated alkanes) is 2. The summed E-state index contributed by atoms with van der Waals surface area (Å²) in [5.74, 6) is -0.769. The Balaban J connectivity index is 0.00000897. The number of anilines is 1. The third-order valence-electron chi connectivity index (χ3n) is 18.6. The maximum atomic E-state index is 13.8. The Kier molecular flexibility index (Phi) is 49.8. The summed E-state index contributed by atoms with van der Waals surface area (Å²) in [7, 11) is -4.54. The van der Waals surface area contributed by atoms with Crippen molar-refractivity contribution in [2.24, 2.45) is 0 Å². The van der Waals surface area contributed by atoms with Gasteiger partial charge in [-0.15, -0.1) is 0 Å². The molecule has 1 amide bonds. The zero-order chi connectivity index (χ0) is 78.9. The van der Waals surface area contributed by atoms with E-state index in [0.717, 1.165) is 33.4 Å². The van der Waals surface area contributed by atoms with E-state index in [1.165, 1.54) is 31.4 Å². The molecule has 2 aliphatic rings. The van der Waals surface area contributed by atoms with E-state index >= 15 is 0 Å². The second-order valence-electron chi connectivity index (χ2n) is 26.2. The zero-order valence-corrected chi connectivity index (χ0v) is 75.8. The average molecular weight is 1650 g/mol. The predicted molar refractivity (Wildman–Crippen MR) is 422 cm³/mol. The minimum absolute atomic E-state index is 0. The van der Waals surface area contributed by atoms with Crippen molar-refractivity contribution in [1.82, 2.24) is 5.32 Å². The van der Waals surface area contributed by atoms with Crippen molar-refractivity contribution in [2.45, 2.75) is 85.8 Å². The predicted octanol–water partition coefficient (Wildman–Crippen LogP) is 0.289. The van der Waals surface area contributed by atoms with Gasteiger partial charge in [-0.25, -0.2) is 13.2 Å². The molecule has 31 heteroatoms. The Hall–Kier alpha value is -4.09. The molecule has 2 N–H and O–H groups in total. The smallest absolute Gasteiger partial charge is 0.744 e. The first-order valence-electron chi connectivity index (χ1n) is 37.3. The number of nitrogens with one attached hydrogen (secondary N) is 1. The van der Waals surface area contributed by atoms with Gasteiger partial charge in [-0.3, -0.25) is 14.1 Å². The number of ketones is 1. The molecule has 2 heterocycles. The van der Waals surface area contributed by atoms with Crippen LogP contribution in [0, 0.1) is 0 Å². The van der Waals surface area contributed by atoms with E-state index in [-0.39, 0.29) is 150 Å². The van der Waals surface area contributed by atoms with Crippen LogP contribution in [-0.2, 0) is 97.4 Å². The molecule has 2 aliphatic heterocycles. The van der Waals surface area contributed by atoms with Crippen LogP contribution in [0.5, 0.6) is 0 Å². The molecule has 602 valence electrons. The van der Waals surface area contributed by atoms with Gasteiger partial charge in [0.15, 0.2) is 5.71 Å². The second-order valence-corrected chi connectivity index (χ2v) is 31.2. The maximum Gasteiger partial charge on any atom is 1.00 e. The molecule has 0 fully saturated rings. The Bertz CT molecular complexity index is 4030. The fourth-order valence-corrected chi connectivity index (χ4v) is 16.3. The number of esters is 1. The van der Waals surface area contributed by atoms with Gasteiger partial charge >= 0.3 is 94.6 Å². The summed E-state index contributed by atoms with van der Waals surface area (Å²) in [6.45, 7) is 13.1. The van der Waals surface area contributed by atoms with Crippen LogP contribution in [0.1, 0.15) is 97.1 Å². The zero-order valence-electron chi connectivity index (χ0n) is 67.3. The number of allylic oxidation sites excluding steroid dienone is 8. The fraction of sp³-hybridized carbons (Fsp3) is 0.488. The van der Waals surface area contributed by atoms with Crippen LogP contribution in [0.15, 0.2) is 173 Å². The summed E-state index contributed by atoms with van der Waals surface area (Å²) >= 11 is 0. The number of hydrogen-bond acceptors (Lipinski definition) is 22. The number of hydrogen-bond donors (Lipinski definition) is 2. The third-order valence-corrected chi connectivity index (χ3v) is 22.8. The van der Waals surface area contributed by atoms with Crippen LogP contribution in [0.25, 0.3) is 0 Å². The number of rotatable bonds is 57. The molecule has 0 saturated heterocycles. The Morgan fingerprint density at radius 3 is 1.52 bits per heavy atom. The van der Waals surface area contributed by atoms with E-state index in [0.29, 0.717) is 198 Å². The molecule has 7 rings (SSSR count). The third kappa shape index (κ3) is 33.2. The van der Waals surface area contributed by atoms with Crippen LogP contribution in [-0.4, -0.2) is 241 Å². The van der Waals surface area contributed by atoms with Crippen LogP contribution < -0.4 is 115 Å². The second kappa shape index (κ2) is 55.6. The SMILES string of the molecule is COCCOCCOCCOCCN1C(=CC=CC=CC=CC2=[N+](CCCCCC(=O)CCCNC(=O)c3ccc(C(=O)OC)c(P(c4ccccc4)c4ccccc4)c3)c3ccc(S(=O)(=O)[O-])cc3C2(C)CCOCCOCCOCCOC)C(C)(CCOCCOCCOCCOC)c2cc(S(=O)(=O)O)ccc21.[Na+].[Na+].[Na+]. The van der Waals surface area contributed by atoms with Crippen LogP contribution in [0.3, 0.4) is 0 Å². The van der Waals surface area contributed by atoms with Crippen molar-refractivity contribution >= 4 is 78.8 Å². The van der Waals surface area contributed by atoms with Gasteiger partial charge in [0, 0.05) is 112 Å². The number of fused-ring (bicyclic) bond motifs is 2. The average Bonchev–Trinajstić information content (AvgIpc) is 1.59. The summed E-state index contributed by atoms with van der Waals surface area (Å²) in [5.41, 5.74) is 3.51. The monoisotopic (exact) mass is 1650 g/mol. The summed E-state index contributed by atoms with van der Waals surface area (Å²) in [4.78, 5) is 41.9. The Labute approximate surface area is 735 Å². The van der Waals surface area contributed by atoms with Crippen molar-refractivity contribution in [1.29, 1.82) is 0 Å². The van der Waals surface area contributed by atoms with Crippen LogP contribution in [0.2, 0.25) is 0 Å². The van der Waals surface area contributed by atoms with Gasteiger partial charge < -0.3 is 76.3 Å². The topological polar surface area (TPSA) is 301 Å². The number of nitrogens with zero attached hydrogens (tertiary/aromatic N) is 2. The molecule has 0 bridgehead atoms. The number of carbonyl (C=O) groups is 3. The summed E-state index contributed by atoms with van der Waals surface area (Å²) in [6, 6.07) is 33.8. The van der Waals surface area contributed by atoms with Crippen LogP contribution >= 0.6 is 7.92 Å². The number of amides is 1. The first-order valence-corrected chi connectivity index (χ1v) is 41.5. The normalized spacial score (nSPS) is 15.8. The molecule has 0 saturated carbocycles. The van der Waals surface area contributed by atoms with Gasteiger partial charge in [-0.05, 0) is 125 Å². The van der Waals surface area contributed by atoms with E-state index < -0.39 is 45.0 Å². The minimum Gasteiger partial charge on any atom is -0.744 e. The standard InChI is InChI=1S/C82H110N3O22PS2.3Na/c1-81(36-41-99-50-53-105-59-56-102-47-44-95-3)72-63-69(109(89,90)91)31-34-74(72)84(39-20-12-13-22-66(86)23-21-38-83-79(87)65-30-33-71(80(88)98-6)76(62-65)108(67-24-14-10-15-25-67)68-26-16-11-17-27-68)77(81)28-18-8-7-9-19-29-78-82(2,37-42-100-51-54-106-60-57-103-48-45-96-4)73-64-70(110(92,93)94)32-35-75(73)85(78)40-43-101-52-55-107-61-58-104-49-46-97-5;;;/h7-11,14-19,24-35,62-64H,12-13,20-23,36-61H2,1-6H3,(H2-,83,87,89,90,91,92,93,94);;;/q;3*+1. The van der Waals surface area contributed by atoms with Gasteiger partial charge in [-0.2, -0.15) is 13.0 Å². The molecule has 5 aromatic carbocycles. The largest absolute Gasteiger partial charge is 1.00 e. The first kappa shape index (κ1) is 101. The molecular formula is C82H110N3Na3O22PS2+3.